The summed E-state index contributed by atoms with van der Waals surface area (Å²) >= 11 is 0. The molecule has 0 aliphatic heterocycles. The number of benzene rings is 8. The van der Waals surface area contributed by atoms with Crippen LogP contribution in [0.2, 0.25) is 0 Å². The lowest BCUT2D eigenvalue weighted by Crippen LogP contribution is -2.01. The minimum atomic E-state index is 0.701. The van der Waals surface area contributed by atoms with Gasteiger partial charge in [-0.15, -0.1) is 0 Å². The van der Waals surface area contributed by atoms with E-state index in [1.54, 1.807) is 0 Å². The first-order chi connectivity index (χ1) is 29.8. The van der Waals surface area contributed by atoms with E-state index in [1.165, 1.54) is 0 Å². The second-order valence-electron chi connectivity index (χ2n) is 14.8. The smallest absolute Gasteiger partial charge is 0.160 e. The molecule has 10 rings (SSSR count). The van der Waals surface area contributed by atoms with Crippen molar-refractivity contribution in [2.24, 2.45) is 0 Å². The Kier molecular flexibility index (Phi) is 9.97. The molecule has 60 heavy (non-hydrogen) atoms. The van der Waals surface area contributed by atoms with Gasteiger partial charge >= 0.3 is 0 Å². The summed E-state index contributed by atoms with van der Waals surface area (Å²) in [5.74, 6) is 0.701. The maximum Gasteiger partial charge on any atom is 0.160 e. The third-order valence-electron chi connectivity index (χ3n) is 10.9. The number of aromatic nitrogens is 3. The average Bonchev–Trinajstić information content (AvgIpc) is 3.35. The largest absolute Gasteiger partial charge is 0.246 e. The van der Waals surface area contributed by atoms with E-state index in [-0.39, 0.29) is 0 Å². The van der Waals surface area contributed by atoms with Gasteiger partial charge in [-0.25, -0.2) is 15.0 Å². The van der Waals surface area contributed by atoms with E-state index in [4.69, 9.17) is 15.0 Å². The Labute approximate surface area is 351 Å². The number of pyridine rings is 1. The third-order valence-corrected chi connectivity index (χ3v) is 10.9. The van der Waals surface area contributed by atoms with Gasteiger partial charge in [-0.3, -0.25) is 0 Å². The molecule has 0 aliphatic rings. The van der Waals surface area contributed by atoms with Crippen LogP contribution in [0.15, 0.2) is 237 Å². The molecule has 282 valence electrons. The van der Waals surface area contributed by atoms with Crippen LogP contribution in [0.1, 0.15) is 0 Å². The van der Waals surface area contributed by atoms with Crippen molar-refractivity contribution < 1.29 is 0 Å². The van der Waals surface area contributed by atoms with Gasteiger partial charge in [0.05, 0.1) is 22.8 Å². The molecular weight excluding hydrogens is 727 g/mol. The molecule has 3 heteroatoms. The molecule has 0 N–H and O–H groups in total. The Bertz CT molecular complexity index is 2870. The first-order valence-corrected chi connectivity index (χ1v) is 20.3. The van der Waals surface area contributed by atoms with Crippen LogP contribution >= 0.6 is 0 Å². The van der Waals surface area contributed by atoms with Gasteiger partial charge in [0.25, 0.3) is 0 Å². The summed E-state index contributed by atoms with van der Waals surface area (Å²) in [5, 5.41) is 0. The minimum absolute atomic E-state index is 0.701. The van der Waals surface area contributed by atoms with E-state index >= 15 is 0 Å². The molecule has 0 fully saturated rings. The van der Waals surface area contributed by atoms with Crippen molar-refractivity contribution in [1.82, 2.24) is 15.0 Å². The zero-order valence-corrected chi connectivity index (χ0v) is 32.9. The monoisotopic (exact) mass is 765 g/mol. The van der Waals surface area contributed by atoms with Gasteiger partial charge < -0.3 is 0 Å². The van der Waals surface area contributed by atoms with Crippen LogP contribution in [0, 0.1) is 0 Å². The lowest BCUT2D eigenvalue weighted by molar-refractivity contribution is 1.18. The van der Waals surface area contributed by atoms with E-state index < -0.39 is 0 Å². The number of nitrogens with zero attached hydrogens (tertiary/aromatic N) is 3. The zero-order chi connectivity index (χ0) is 40.1. The first kappa shape index (κ1) is 36.3. The average molecular weight is 766 g/mol. The van der Waals surface area contributed by atoms with Crippen molar-refractivity contribution >= 4 is 0 Å². The predicted molar refractivity (Wildman–Crippen MR) is 249 cm³/mol. The maximum atomic E-state index is 5.60. The summed E-state index contributed by atoms with van der Waals surface area (Å²) in [6, 6.07) is 82.8. The SMILES string of the molecule is c1ccc(-c2cc(-c3cccc(-c4ccc(-c5c(-c6ccccc6)c(-c6ccccc6)nc(-c6ccccc6)c5-c5ccccc5)cc4)c3)nc(-c3ccccc3)n2)cc1. The molecule has 2 aromatic heterocycles. The highest BCUT2D eigenvalue weighted by molar-refractivity contribution is 6.05. The van der Waals surface area contributed by atoms with Crippen LogP contribution in [0.3, 0.4) is 0 Å². The fourth-order valence-electron chi connectivity index (χ4n) is 8.01. The minimum Gasteiger partial charge on any atom is -0.246 e. The van der Waals surface area contributed by atoms with Crippen LogP contribution < -0.4 is 0 Å². The summed E-state index contributed by atoms with van der Waals surface area (Å²) in [4.78, 5) is 15.7. The molecule has 0 bridgehead atoms. The van der Waals surface area contributed by atoms with Crippen molar-refractivity contribution in [2.75, 3.05) is 0 Å². The fourth-order valence-corrected chi connectivity index (χ4v) is 8.01. The Balaban J connectivity index is 1.15. The normalized spacial score (nSPS) is 11.0. The topological polar surface area (TPSA) is 38.7 Å². The van der Waals surface area contributed by atoms with Crippen molar-refractivity contribution in [3.63, 3.8) is 0 Å². The molecule has 10 aromatic rings. The van der Waals surface area contributed by atoms with Gasteiger partial charge in [-0.2, -0.15) is 0 Å². The third kappa shape index (κ3) is 7.32. The molecule has 0 unspecified atom stereocenters. The molecule has 0 aliphatic carbocycles. The Morgan fingerprint density at radius 1 is 0.200 bits per heavy atom. The first-order valence-electron chi connectivity index (χ1n) is 20.3. The lowest BCUT2D eigenvalue weighted by atomic mass is 9.83. The number of rotatable bonds is 9. The van der Waals surface area contributed by atoms with Gasteiger partial charge in [-0.1, -0.05) is 224 Å². The molecule has 0 spiro atoms. The predicted octanol–water partition coefficient (Wildman–Crippen LogP) is 14.9. The van der Waals surface area contributed by atoms with Crippen molar-refractivity contribution in [3.05, 3.63) is 237 Å². The molecule has 0 atom stereocenters. The molecule has 0 radical (unpaired) electrons. The molecule has 0 saturated heterocycles. The van der Waals surface area contributed by atoms with Crippen LogP contribution in [0.4, 0.5) is 0 Å². The molecule has 2 heterocycles. The molecule has 3 nitrogen and oxygen atoms in total. The van der Waals surface area contributed by atoms with E-state index in [2.05, 4.69) is 200 Å². The maximum absolute atomic E-state index is 5.60. The van der Waals surface area contributed by atoms with Crippen molar-refractivity contribution in [1.29, 1.82) is 0 Å². The fraction of sp³-hybridized carbons (Fsp3) is 0. The standard InChI is InChI=1S/C57H39N3/c1-7-20-41(21-8-1)50-39-51(59-57(58-50)47-30-17-6-18-31-47)49-33-19-32-48(38-49)40-34-36-44(37-35-40)52-53(42-22-9-2-10-23-42)55(45-26-13-4-14-27-45)60-56(46-28-15-5-16-29-46)54(52)43-24-11-3-12-25-43/h1-39H. The van der Waals surface area contributed by atoms with Crippen molar-refractivity contribution in [2.45, 2.75) is 0 Å². The highest BCUT2D eigenvalue weighted by Crippen LogP contribution is 2.48. The summed E-state index contributed by atoms with van der Waals surface area (Å²) < 4.78 is 0. The second kappa shape index (κ2) is 16.5. The summed E-state index contributed by atoms with van der Waals surface area (Å²) in [6.07, 6.45) is 0. The van der Waals surface area contributed by atoms with Gasteiger partial charge in [0.2, 0.25) is 0 Å². The van der Waals surface area contributed by atoms with E-state index in [9.17, 15) is 0 Å². The summed E-state index contributed by atoms with van der Waals surface area (Å²) in [5.41, 5.74) is 17.8. The Morgan fingerprint density at radius 2 is 0.550 bits per heavy atom. The Hall–Kier alpha value is -8.01. The van der Waals surface area contributed by atoms with Crippen LogP contribution in [-0.2, 0) is 0 Å². The molecule has 0 saturated carbocycles. The second-order valence-corrected chi connectivity index (χ2v) is 14.8. The van der Waals surface area contributed by atoms with Crippen LogP contribution in [-0.4, -0.2) is 15.0 Å². The lowest BCUT2D eigenvalue weighted by Gasteiger charge is -2.23. The van der Waals surface area contributed by atoms with E-state index in [0.717, 1.165) is 95.1 Å². The van der Waals surface area contributed by atoms with E-state index in [0.29, 0.717) is 5.82 Å². The van der Waals surface area contributed by atoms with E-state index in [1.807, 2.05) is 36.4 Å². The van der Waals surface area contributed by atoms with Gasteiger partial charge in [-0.05, 0) is 39.9 Å². The number of hydrogen-bond acceptors (Lipinski definition) is 3. The highest BCUT2D eigenvalue weighted by atomic mass is 14.9. The van der Waals surface area contributed by atoms with Gasteiger partial charge in [0, 0.05) is 44.5 Å². The number of hydrogen-bond donors (Lipinski definition) is 0. The zero-order valence-electron chi connectivity index (χ0n) is 32.9. The summed E-state index contributed by atoms with van der Waals surface area (Å²) in [6.45, 7) is 0. The van der Waals surface area contributed by atoms with Crippen molar-refractivity contribution in [3.8, 4) is 101 Å². The van der Waals surface area contributed by atoms with Gasteiger partial charge in [0.1, 0.15) is 0 Å². The molecule has 8 aromatic carbocycles. The van der Waals surface area contributed by atoms with Crippen LogP contribution in [0.5, 0.6) is 0 Å². The quantitative estimate of drug-likeness (QED) is 0.147. The van der Waals surface area contributed by atoms with Crippen LogP contribution in [0.25, 0.3) is 101 Å². The Morgan fingerprint density at radius 3 is 1.03 bits per heavy atom. The van der Waals surface area contributed by atoms with Gasteiger partial charge in [0.15, 0.2) is 5.82 Å². The molecule has 0 amide bonds. The summed E-state index contributed by atoms with van der Waals surface area (Å²) in [7, 11) is 0. The highest BCUT2D eigenvalue weighted by Gasteiger charge is 2.25. The molecular formula is C57H39N3.